The average Bonchev–Trinajstić information content (AvgIpc) is 2.53. The van der Waals surface area contributed by atoms with Crippen LogP contribution in [-0.4, -0.2) is 31.1 Å². The van der Waals surface area contributed by atoms with Gasteiger partial charge in [-0.3, -0.25) is 0 Å². The Morgan fingerprint density at radius 3 is 1.41 bits per heavy atom. The minimum absolute atomic E-state index is 0.832. The summed E-state index contributed by atoms with van der Waals surface area (Å²) in [6, 6.07) is 0. The molecular formula is C20H44N2. The van der Waals surface area contributed by atoms with Crippen molar-refractivity contribution in [2.24, 2.45) is 5.73 Å². The lowest BCUT2D eigenvalue weighted by atomic mass is 10.1. The van der Waals surface area contributed by atoms with Gasteiger partial charge in [-0.2, -0.15) is 0 Å². The fourth-order valence-corrected chi connectivity index (χ4v) is 3.14. The molecule has 0 bridgehead atoms. The zero-order valence-corrected chi connectivity index (χ0v) is 15.8. The number of hydrogen-bond acceptors (Lipinski definition) is 2. The summed E-state index contributed by atoms with van der Waals surface area (Å²) in [6.07, 6.45) is 19.7. The molecule has 0 aromatic rings. The summed E-state index contributed by atoms with van der Waals surface area (Å²) in [5.41, 5.74) is 5.61. The van der Waals surface area contributed by atoms with Gasteiger partial charge < -0.3 is 10.6 Å². The molecular weight excluding hydrogens is 268 g/mol. The van der Waals surface area contributed by atoms with E-state index in [1.54, 1.807) is 0 Å². The minimum Gasteiger partial charge on any atom is -0.330 e. The zero-order valence-electron chi connectivity index (χ0n) is 15.8. The number of unbranched alkanes of at least 4 members (excludes halogenated alkanes) is 11. The van der Waals surface area contributed by atoms with Crippen molar-refractivity contribution in [1.29, 1.82) is 0 Å². The maximum atomic E-state index is 5.61. The van der Waals surface area contributed by atoms with Crippen LogP contribution in [0.1, 0.15) is 104 Å². The Morgan fingerprint density at radius 2 is 0.955 bits per heavy atom. The van der Waals surface area contributed by atoms with E-state index >= 15 is 0 Å². The normalized spacial score (nSPS) is 11.5. The van der Waals surface area contributed by atoms with Crippen molar-refractivity contribution in [3.8, 4) is 0 Å². The zero-order chi connectivity index (χ0) is 16.3. The lowest BCUT2D eigenvalue weighted by Crippen LogP contribution is -2.28. The van der Waals surface area contributed by atoms with E-state index in [4.69, 9.17) is 5.73 Å². The molecule has 0 aliphatic heterocycles. The van der Waals surface area contributed by atoms with Crippen LogP contribution in [0.4, 0.5) is 0 Å². The van der Waals surface area contributed by atoms with Gasteiger partial charge in [0.25, 0.3) is 0 Å². The molecule has 0 aromatic heterocycles. The van der Waals surface area contributed by atoms with Crippen molar-refractivity contribution in [2.45, 2.75) is 104 Å². The lowest BCUT2D eigenvalue weighted by molar-refractivity contribution is 0.265. The summed E-state index contributed by atoms with van der Waals surface area (Å²) < 4.78 is 0. The predicted molar refractivity (Wildman–Crippen MR) is 101 cm³/mol. The highest BCUT2D eigenvalue weighted by molar-refractivity contribution is 4.58. The number of rotatable bonds is 18. The van der Waals surface area contributed by atoms with Crippen LogP contribution in [0.5, 0.6) is 0 Å². The van der Waals surface area contributed by atoms with Crippen LogP contribution in [0.25, 0.3) is 0 Å². The van der Waals surface area contributed by atoms with Crippen LogP contribution in [0.15, 0.2) is 0 Å². The number of hydrogen-bond donors (Lipinski definition) is 1. The molecule has 2 nitrogen and oxygen atoms in total. The van der Waals surface area contributed by atoms with Gasteiger partial charge in [0, 0.05) is 0 Å². The van der Waals surface area contributed by atoms with E-state index in [9.17, 15) is 0 Å². The highest BCUT2D eigenvalue weighted by Gasteiger charge is 2.02. The van der Waals surface area contributed by atoms with Crippen molar-refractivity contribution < 1.29 is 0 Å². The third-order valence-corrected chi connectivity index (χ3v) is 4.55. The Morgan fingerprint density at radius 1 is 0.500 bits per heavy atom. The summed E-state index contributed by atoms with van der Waals surface area (Å²) in [6.45, 7) is 9.13. The second-order valence-corrected chi connectivity index (χ2v) is 6.87. The quantitative estimate of drug-likeness (QED) is 0.327. The third kappa shape index (κ3) is 16.3. The molecule has 0 radical (unpaired) electrons. The molecule has 0 unspecified atom stereocenters. The van der Waals surface area contributed by atoms with Crippen LogP contribution in [0, 0.1) is 0 Å². The van der Waals surface area contributed by atoms with Crippen LogP contribution in [0.3, 0.4) is 0 Å². The Kier molecular flexibility index (Phi) is 18.9. The Balaban J connectivity index is 3.23. The summed E-state index contributed by atoms with van der Waals surface area (Å²) in [5.74, 6) is 0. The second kappa shape index (κ2) is 19.0. The first-order chi connectivity index (χ1) is 10.8. The van der Waals surface area contributed by atoms with Crippen molar-refractivity contribution in [1.82, 2.24) is 4.90 Å². The first kappa shape index (κ1) is 21.9. The Bertz CT molecular complexity index is 194. The van der Waals surface area contributed by atoms with E-state index in [0.29, 0.717) is 0 Å². The Labute approximate surface area is 141 Å². The van der Waals surface area contributed by atoms with E-state index < -0.39 is 0 Å². The molecule has 2 N–H and O–H groups in total. The number of nitrogens with two attached hydrogens (primary N) is 1. The first-order valence-corrected chi connectivity index (χ1v) is 10.3. The van der Waals surface area contributed by atoms with Gasteiger partial charge in [-0.05, 0) is 45.4 Å². The third-order valence-electron chi connectivity index (χ3n) is 4.55. The topological polar surface area (TPSA) is 29.3 Å². The van der Waals surface area contributed by atoms with E-state index in [0.717, 1.165) is 13.0 Å². The van der Waals surface area contributed by atoms with Gasteiger partial charge in [0.2, 0.25) is 0 Å². The molecule has 0 heterocycles. The standard InChI is InChI=1S/C20H44N2/c1-3-5-6-7-8-9-10-11-12-13-14-15-19-22(18-4-2)20-16-17-21/h3-21H2,1-2H3. The fourth-order valence-electron chi connectivity index (χ4n) is 3.14. The molecule has 0 spiro atoms. The van der Waals surface area contributed by atoms with Crippen LogP contribution < -0.4 is 5.73 Å². The van der Waals surface area contributed by atoms with Crippen LogP contribution in [-0.2, 0) is 0 Å². The highest BCUT2D eigenvalue weighted by atomic mass is 15.1. The molecule has 134 valence electrons. The van der Waals surface area contributed by atoms with E-state index in [1.807, 2.05) is 0 Å². The van der Waals surface area contributed by atoms with Gasteiger partial charge in [-0.25, -0.2) is 0 Å². The van der Waals surface area contributed by atoms with Crippen LogP contribution >= 0.6 is 0 Å². The lowest BCUT2D eigenvalue weighted by Gasteiger charge is -2.21. The van der Waals surface area contributed by atoms with E-state index in [2.05, 4.69) is 18.7 Å². The van der Waals surface area contributed by atoms with E-state index in [1.165, 1.54) is 103 Å². The van der Waals surface area contributed by atoms with Gasteiger partial charge in [-0.15, -0.1) is 0 Å². The van der Waals surface area contributed by atoms with Crippen molar-refractivity contribution >= 4 is 0 Å². The van der Waals surface area contributed by atoms with Crippen LogP contribution in [0.2, 0.25) is 0 Å². The maximum Gasteiger partial charge on any atom is -0.000672 e. The Hall–Kier alpha value is -0.0800. The maximum absolute atomic E-state index is 5.61. The smallest absolute Gasteiger partial charge is 0.000672 e. The molecule has 0 aromatic carbocycles. The molecule has 22 heavy (non-hydrogen) atoms. The summed E-state index contributed by atoms with van der Waals surface area (Å²) in [7, 11) is 0. The molecule has 0 atom stereocenters. The molecule has 0 amide bonds. The molecule has 0 saturated carbocycles. The molecule has 0 saturated heterocycles. The monoisotopic (exact) mass is 312 g/mol. The molecule has 0 rings (SSSR count). The summed E-state index contributed by atoms with van der Waals surface area (Å²) in [4.78, 5) is 2.60. The highest BCUT2D eigenvalue weighted by Crippen LogP contribution is 2.12. The first-order valence-electron chi connectivity index (χ1n) is 10.3. The van der Waals surface area contributed by atoms with Gasteiger partial charge in [-0.1, -0.05) is 84.5 Å². The van der Waals surface area contributed by atoms with Gasteiger partial charge in [0.05, 0.1) is 0 Å². The SMILES string of the molecule is CCCCCCCCCCCCCCN(CCC)CCCN. The van der Waals surface area contributed by atoms with Crippen molar-refractivity contribution in [2.75, 3.05) is 26.2 Å². The molecule has 2 heteroatoms. The molecule has 0 fully saturated rings. The largest absolute Gasteiger partial charge is 0.330 e. The van der Waals surface area contributed by atoms with Crippen molar-refractivity contribution in [3.63, 3.8) is 0 Å². The van der Waals surface area contributed by atoms with Gasteiger partial charge >= 0.3 is 0 Å². The average molecular weight is 313 g/mol. The van der Waals surface area contributed by atoms with Crippen molar-refractivity contribution in [3.05, 3.63) is 0 Å². The van der Waals surface area contributed by atoms with Gasteiger partial charge in [0.1, 0.15) is 0 Å². The number of nitrogens with zero attached hydrogens (tertiary/aromatic N) is 1. The summed E-state index contributed by atoms with van der Waals surface area (Å²) in [5, 5.41) is 0. The van der Waals surface area contributed by atoms with Gasteiger partial charge in [0.15, 0.2) is 0 Å². The predicted octanol–water partition coefficient (Wildman–Crippen LogP) is 5.75. The van der Waals surface area contributed by atoms with E-state index in [-0.39, 0.29) is 0 Å². The minimum atomic E-state index is 0.832. The molecule has 0 aliphatic rings. The fraction of sp³-hybridized carbons (Fsp3) is 1.00. The molecule has 0 aliphatic carbocycles. The summed E-state index contributed by atoms with van der Waals surface area (Å²) >= 11 is 0. The second-order valence-electron chi connectivity index (χ2n) is 6.87.